The summed E-state index contributed by atoms with van der Waals surface area (Å²) in [6, 6.07) is 5.68. The van der Waals surface area contributed by atoms with Gasteiger partial charge >= 0.3 is 0 Å². The molecule has 0 fully saturated rings. The van der Waals surface area contributed by atoms with Crippen molar-refractivity contribution in [3.63, 3.8) is 0 Å². The Morgan fingerprint density at radius 2 is 1.88 bits per heavy atom. The van der Waals surface area contributed by atoms with E-state index in [1.807, 2.05) is 0 Å². The fraction of sp³-hybridized carbons (Fsp3) is 0.438. The average Bonchev–Trinajstić information content (AvgIpc) is 2.99. The molecule has 9 nitrogen and oxygen atoms in total. The molecular formula is C16H22N4O5S. The van der Waals surface area contributed by atoms with E-state index in [0.29, 0.717) is 36.8 Å². The van der Waals surface area contributed by atoms with E-state index in [2.05, 4.69) is 5.16 Å². The van der Waals surface area contributed by atoms with E-state index in [1.54, 1.807) is 38.8 Å². The van der Waals surface area contributed by atoms with Crippen molar-refractivity contribution in [2.24, 2.45) is 0 Å². The number of rotatable bonds is 8. The largest absolute Gasteiger partial charge is 0.363 e. The van der Waals surface area contributed by atoms with Crippen LogP contribution in [0.15, 0.2) is 33.7 Å². The van der Waals surface area contributed by atoms with Crippen molar-refractivity contribution in [2.75, 3.05) is 25.0 Å². The number of aromatic nitrogens is 1. The van der Waals surface area contributed by atoms with Crippen LogP contribution in [0.2, 0.25) is 0 Å². The number of hydrogen-bond donors (Lipinski definition) is 0. The highest BCUT2D eigenvalue weighted by atomic mass is 32.2. The maximum atomic E-state index is 12.6. The number of benzene rings is 1. The van der Waals surface area contributed by atoms with Crippen molar-refractivity contribution in [2.45, 2.75) is 32.2 Å². The van der Waals surface area contributed by atoms with Gasteiger partial charge in [0.15, 0.2) is 0 Å². The molecule has 0 spiro atoms. The van der Waals surface area contributed by atoms with E-state index in [1.165, 1.54) is 16.4 Å². The Hall–Kier alpha value is -2.46. The topological polar surface area (TPSA) is 110 Å². The van der Waals surface area contributed by atoms with Crippen LogP contribution < -0.4 is 4.90 Å². The van der Waals surface area contributed by atoms with Gasteiger partial charge in [-0.25, -0.2) is 8.42 Å². The lowest BCUT2D eigenvalue weighted by molar-refractivity contribution is -0.384. The van der Waals surface area contributed by atoms with Crippen molar-refractivity contribution in [3.05, 3.63) is 45.8 Å². The third-order valence-corrected chi connectivity index (χ3v) is 6.02. The molecule has 2 aromatic rings. The van der Waals surface area contributed by atoms with Gasteiger partial charge in [0, 0.05) is 32.3 Å². The van der Waals surface area contributed by atoms with Crippen molar-refractivity contribution in [1.82, 2.24) is 9.46 Å². The lowest BCUT2D eigenvalue weighted by Gasteiger charge is -2.21. The molecule has 0 radical (unpaired) electrons. The molecule has 0 unspecified atom stereocenters. The summed E-state index contributed by atoms with van der Waals surface area (Å²) in [6.45, 7) is 6.07. The Bertz CT molecular complexity index is 890. The Kier molecular flexibility index (Phi) is 5.98. The standard InChI is InChI=1S/C16H22N4O5S/c1-5-19(6-2)26(23,24)14-7-8-15(16(10-14)20(21)22)18(4)11-13-9-12(3)25-17-13/h7-10H,5-6,11H2,1-4H3. The molecule has 0 amide bonds. The van der Waals surface area contributed by atoms with Crippen LogP contribution in [-0.4, -0.2) is 42.9 Å². The summed E-state index contributed by atoms with van der Waals surface area (Å²) in [5.74, 6) is 0.642. The fourth-order valence-electron chi connectivity index (χ4n) is 2.67. The zero-order valence-corrected chi connectivity index (χ0v) is 16.0. The summed E-state index contributed by atoms with van der Waals surface area (Å²) in [5, 5.41) is 15.4. The normalized spacial score (nSPS) is 11.7. The van der Waals surface area contributed by atoms with Gasteiger partial charge in [0.1, 0.15) is 17.1 Å². The van der Waals surface area contributed by atoms with Gasteiger partial charge in [-0.1, -0.05) is 19.0 Å². The van der Waals surface area contributed by atoms with Gasteiger partial charge in [-0.2, -0.15) is 4.31 Å². The first-order valence-corrected chi connectivity index (χ1v) is 9.56. The van der Waals surface area contributed by atoms with Gasteiger partial charge < -0.3 is 9.42 Å². The number of hydrogen-bond acceptors (Lipinski definition) is 7. The monoisotopic (exact) mass is 382 g/mol. The third kappa shape index (κ3) is 4.02. The zero-order valence-electron chi connectivity index (χ0n) is 15.2. The van der Waals surface area contributed by atoms with Crippen LogP contribution in [0.1, 0.15) is 25.3 Å². The molecule has 0 aliphatic carbocycles. The van der Waals surface area contributed by atoms with Gasteiger partial charge in [-0.05, 0) is 19.1 Å². The number of nitrogens with zero attached hydrogens (tertiary/aromatic N) is 4. The van der Waals surface area contributed by atoms with Crippen LogP contribution in [-0.2, 0) is 16.6 Å². The Morgan fingerprint density at radius 1 is 1.23 bits per heavy atom. The Labute approximate surface area is 152 Å². The van der Waals surface area contributed by atoms with Crippen LogP contribution in [0, 0.1) is 17.0 Å². The predicted molar refractivity (Wildman–Crippen MR) is 96.6 cm³/mol. The van der Waals surface area contributed by atoms with E-state index in [4.69, 9.17) is 4.52 Å². The van der Waals surface area contributed by atoms with Gasteiger partial charge in [0.2, 0.25) is 10.0 Å². The van der Waals surface area contributed by atoms with Crippen LogP contribution in [0.5, 0.6) is 0 Å². The molecule has 0 bridgehead atoms. The van der Waals surface area contributed by atoms with Gasteiger partial charge in [-0.15, -0.1) is 0 Å². The highest BCUT2D eigenvalue weighted by molar-refractivity contribution is 7.89. The van der Waals surface area contributed by atoms with E-state index in [0.717, 1.165) is 6.07 Å². The SMILES string of the molecule is CCN(CC)S(=O)(=O)c1ccc(N(C)Cc2cc(C)on2)c([N+](=O)[O-])c1. The number of sulfonamides is 1. The first-order valence-electron chi connectivity index (χ1n) is 8.12. The minimum absolute atomic E-state index is 0.0951. The molecule has 2 rings (SSSR count). The number of nitro benzene ring substituents is 1. The third-order valence-electron chi connectivity index (χ3n) is 3.97. The van der Waals surface area contributed by atoms with Crippen LogP contribution in [0.25, 0.3) is 0 Å². The zero-order chi connectivity index (χ0) is 19.5. The lowest BCUT2D eigenvalue weighted by Crippen LogP contribution is -2.30. The molecule has 0 aliphatic heterocycles. The second-order valence-electron chi connectivity index (χ2n) is 5.78. The van der Waals surface area contributed by atoms with E-state index >= 15 is 0 Å². The summed E-state index contributed by atoms with van der Waals surface area (Å²) < 4.78 is 31.5. The first kappa shape index (κ1) is 19.9. The molecule has 0 N–H and O–H groups in total. The molecular weight excluding hydrogens is 360 g/mol. The predicted octanol–water partition coefficient (Wildman–Crippen LogP) is 2.56. The highest BCUT2D eigenvalue weighted by Gasteiger charge is 2.27. The molecule has 142 valence electrons. The molecule has 1 aromatic heterocycles. The molecule has 0 saturated carbocycles. The number of anilines is 1. The number of nitro groups is 1. The molecule has 0 atom stereocenters. The molecule has 10 heteroatoms. The van der Waals surface area contributed by atoms with Crippen molar-refractivity contribution in [3.8, 4) is 0 Å². The van der Waals surface area contributed by atoms with Gasteiger partial charge in [-0.3, -0.25) is 10.1 Å². The summed E-state index contributed by atoms with van der Waals surface area (Å²) in [6.07, 6.45) is 0. The second-order valence-corrected chi connectivity index (χ2v) is 7.72. The minimum atomic E-state index is -3.77. The summed E-state index contributed by atoms with van der Waals surface area (Å²) >= 11 is 0. The number of aryl methyl sites for hydroxylation is 1. The van der Waals surface area contributed by atoms with E-state index < -0.39 is 14.9 Å². The smallest absolute Gasteiger partial charge is 0.293 e. The average molecular weight is 382 g/mol. The summed E-state index contributed by atoms with van der Waals surface area (Å²) in [5.41, 5.74) is 0.647. The quantitative estimate of drug-likeness (QED) is 0.510. The highest BCUT2D eigenvalue weighted by Crippen LogP contribution is 2.32. The van der Waals surface area contributed by atoms with Gasteiger partial charge in [0.05, 0.1) is 16.4 Å². The molecule has 1 aromatic carbocycles. The van der Waals surface area contributed by atoms with Crippen LogP contribution in [0.3, 0.4) is 0 Å². The molecule has 0 aliphatic rings. The first-order chi connectivity index (χ1) is 12.2. The maximum Gasteiger partial charge on any atom is 0.293 e. The van der Waals surface area contributed by atoms with Gasteiger partial charge in [0.25, 0.3) is 5.69 Å². The fourth-order valence-corrected chi connectivity index (χ4v) is 4.14. The van der Waals surface area contributed by atoms with E-state index in [9.17, 15) is 18.5 Å². The second kappa shape index (κ2) is 7.83. The van der Waals surface area contributed by atoms with Crippen LogP contribution >= 0.6 is 0 Å². The summed E-state index contributed by atoms with van der Waals surface area (Å²) in [4.78, 5) is 12.5. The van der Waals surface area contributed by atoms with Crippen molar-refractivity contribution >= 4 is 21.4 Å². The molecule has 1 heterocycles. The summed E-state index contributed by atoms with van der Waals surface area (Å²) in [7, 11) is -2.10. The molecule has 0 saturated heterocycles. The molecule has 26 heavy (non-hydrogen) atoms. The Morgan fingerprint density at radius 3 is 2.38 bits per heavy atom. The maximum absolute atomic E-state index is 12.6. The van der Waals surface area contributed by atoms with E-state index in [-0.39, 0.29) is 10.6 Å². The van der Waals surface area contributed by atoms with Crippen LogP contribution in [0.4, 0.5) is 11.4 Å². The van der Waals surface area contributed by atoms with Crippen molar-refractivity contribution < 1.29 is 17.9 Å². The Balaban J connectivity index is 2.41. The van der Waals surface area contributed by atoms with Crippen molar-refractivity contribution in [1.29, 1.82) is 0 Å². The minimum Gasteiger partial charge on any atom is -0.363 e. The lowest BCUT2D eigenvalue weighted by atomic mass is 10.2.